The molecular formula is C20H26N2O. The number of carbonyl (C=O) groups excluding carboxylic acids is 1. The largest absolute Gasteiger partial charge is 0.325 e. The van der Waals surface area contributed by atoms with E-state index in [1.807, 2.05) is 38.2 Å². The van der Waals surface area contributed by atoms with Crippen LogP contribution in [0.25, 0.3) is 0 Å². The molecule has 0 aliphatic rings. The normalized spacial score (nSPS) is 12.2. The van der Waals surface area contributed by atoms with Crippen molar-refractivity contribution in [2.45, 2.75) is 39.8 Å². The molecule has 0 saturated heterocycles. The molecule has 1 atom stereocenters. The Morgan fingerprint density at radius 3 is 2.39 bits per heavy atom. The van der Waals surface area contributed by atoms with Crippen LogP contribution in [-0.2, 0) is 17.8 Å². The molecule has 23 heavy (non-hydrogen) atoms. The highest BCUT2D eigenvalue weighted by molar-refractivity contribution is 5.94. The molecule has 1 N–H and O–H groups in total. The predicted molar refractivity (Wildman–Crippen MR) is 96.6 cm³/mol. The second kappa shape index (κ2) is 7.93. The summed E-state index contributed by atoms with van der Waals surface area (Å²) < 4.78 is 0. The lowest BCUT2D eigenvalue weighted by atomic mass is 10.1. The summed E-state index contributed by atoms with van der Waals surface area (Å²) in [5.74, 6) is 0.0188. The van der Waals surface area contributed by atoms with Crippen LogP contribution < -0.4 is 5.32 Å². The Kier molecular flexibility index (Phi) is 5.94. The van der Waals surface area contributed by atoms with E-state index >= 15 is 0 Å². The zero-order chi connectivity index (χ0) is 16.8. The van der Waals surface area contributed by atoms with Crippen molar-refractivity contribution >= 4 is 11.6 Å². The molecule has 0 radical (unpaired) electrons. The maximum Gasteiger partial charge on any atom is 0.241 e. The molecule has 0 bridgehead atoms. The molecule has 0 aliphatic heterocycles. The molecule has 2 rings (SSSR count). The zero-order valence-electron chi connectivity index (χ0n) is 14.5. The molecule has 3 nitrogen and oxygen atoms in total. The third-order valence-electron chi connectivity index (χ3n) is 4.35. The number of amides is 1. The molecule has 0 spiro atoms. The molecule has 0 heterocycles. The van der Waals surface area contributed by atoms with Crippen LogP contribution in [0.5, 0.6) is 0 Å². The van der Waals surface area contributed by atoms with Gasteiger partial charge in [0, 0.05) is 12.2 Å². The summed E-state index contributed by atoms with van der Waals surface area (Å²) in [4.78, 5) is 14.5. The molecule has 1 unspecified atom stereocenters. The van der Waals surface area contributed by atoms with Gasteiger partial charge >= 0.3 is 0 Å². The van der Waals surface area contributed by atoms with Gasteiger partial charge in [0.1, 0.15) is 0 Å². The van der Waals surface area contributed by atoms with Crippen molar-refractivity contribution in [3.05, 3.63) is 65.2 Å². The Bertz CT molecular complexity index is 649. The van der Waals surface area contributed by atoms with Crippen molar-refractivity contribution in [2.75, 3.05) is 12.4 Å². The zero-order valence-corrected chi connectivity index (χ0v) is 14.5. The van der Waals surface area contributed by atoms with Crippen LogP contribution in [0.3, 0.4) is 0 Å². The number of carbonyl (C=O) groups is 1. The summed E-state index contributed by atoms with van der Waals surface area (Å²) >= 11 is 0. The van der Waals surface area contributed by atoms with Crippen molar-refractivity contribution in [1.82, 2.24) is 4.90 Å². The van der Waals surface area contributed by atoms with Crippen molar-refractivity contribution in [1.29, 1.82) is 0 Å². The topological polar surface area (TPSA) is 32.3 Å². The van der Waals surface area contributed by atoms with E-state index in [1.54, 1.807) is 0 Å². The van der Waals surface area contributed by atoms with Crippen LogP contribution in [0.1, 0.15) is 30.5 Å². The third-order valence-corrected chi connectivity index (χ3v) is 4.35. The molecule has 0 fully saturated rings. The van der Waals surface area contributed by atoms with Crippen LogP contribution in [0.4, 0.5) is 5.69 Å². The van der Waals surface area contributed by atoms with Crippen molar-refractivity contribution in [2.24, 2.45) is 0 Å². The summed E-state index contributed by atoms with van der Waals surface area (Å²) in [6.45, 7) is 6.92. The fourth-order valence-corrected chi connectivity index (χ4v) is 2.46. The van der Waals surface area contributed by atoms with E-state index < -0.39 is 0 Å². The van der Waals surface area contributed by atoms with Crippen LogP contribution in [0.15, 0.2) is 48.5 Å². The minimum absolute atomic E-state index is 0.0188. The van der Waals surface area contributed by atoms with E-state index in [-0.39, 0.29) is 11.9 Å². The van der Waals surface area contributed by atoms with E-state index in [9.17, 15) is 4.79 Å². The van der Waals surface area contributed by atoms with E-state index in [0.29, 0.717) is 0 Å². The SMILES string of the molecule is CCc1ccc(NC(=O)C(C)N(C)Cc2ccccc2C)cc1. The van der Waals surface area contributed by atoms with Gasteiger partial charge < -0.3 is 5.32 Å². The first-order chi connectivity index (χ1) is 11.0. The highest BCUT2D eigenvalue weighted by atomic mass is 16.2. The van der Waals surface area contributed by atoms with Gasteiger partial charge in [-0.25, -0.2) is 0 Å². The minimum Gasteiger partial charge on any atom is -0.325 e. The lowest BCUT2D eigenvalue weighted by Crippen LogP contribution is -2.39. The van der Waals surface area contributed by atoms with Gasteiger partial charge in [0.15, 0.2) is 0 Å². The average molecular weight is 310 g/mol. The lowest BCUT2D eigenvalue weighted by Gasteiger charge is -2.24. The maximum atomic E-state index is 12.4. The lowest BCUT2D eigenvalue weighted by molar-refractivity contribution is -0.120. The molecule has 1 amide bonds. The number of rotatable bonds is 6. The molecule has 0 saturated carbocycles. The molecular weight excluding hydrogens is 284 g/mol. The summed E-state index contributed by atoms with van der Waals surface area (Å²) in [6, 6.07) is 16.1. The van der Waals surface area contributed by atoms with Crippen LogP contribution in [0.2, 0.25) is 0 Å². The van der Waals surface area contributed by atoms with Crippen LogP contribution >= 0.6 is 0 Å². The van der Waals surface area contributed by atoms with Gasteiger partial charge in [0.05, 0.1) is 6.04 Å². The number of aryl methyl sites for hydroxylation is 2. The number of benzene rings is 2. The Balaban J connectivity index is 1.96. The summed E-state index contributed by atoms with van der Waals surface area (Å²) in [5.41, 5.74) is 4.63. The number of hydrogen-bond acceptors (Lipinski definition) is 2. The van der Waals surface area contributed by atoms with Gasteiger partial charge in [-0.2, -0.15) is 0 Å². The minimum atomic E-state index is -0.194. The van der Waals surface area contributed by atoms with Gasteiger partial charge in [-0.15, -0.1) is 0 Å². The van der Waals surface area contributed by atoms with Crippen LogP contribution in [-0.4, -0.2) is 23.9 Å². The van der Waals surface area contributed by atoms with E-state index in [2.05, 4.69) is 48.3 Å². The number of likely N-dealkylation sites (N-methyl/N-ethyl adjacent to an activating group) is 1. The molecule has 122 valence electrons. The fourth-order valence-electron chi connectivity index (χ4n) is 2.46. The molecule has 0 aromatic heterocycles. The van der Waals surface area contributed by atoms with E-state index in [0.717, 1.165) is 18.7 Å². The highest BCUT2D eigenvalue weighted by Gasteiger charge is 2.18. The second-order valence-corrected chi connectivity index (χ2v) is 6.06. The standard InChI is InChI=1S/C20H26N2O/c1-5-17-10-12-19(13-11-17)21-20(23)16(3)22(4)14-18-9-7-6-8-15(18)2/h6-13,16H,5,14H2,1-4H3,(H,21,23). The summed E-state index contributed by atoms with van der Waals surface area (Å²) in [5, 5.41) is 2.99. The number of anilines is 1. The fraction of sp³-hybridized carbons (Fsp3) is 0.350. The average Bonchev–Trinajstić information content (AvgIpc) is 2.56. The monoisotopic (exact) mass is 310 g/mol. The number of nitrogens with one attached hydrogen (secondary N) is 1. The second-order valence-electron chi connectivity index (χ2n) is 6.06. The molecule has 2 aromatic carbocycles. The Labute approximate surface area is 139 Å². The highest BCUT2D eigenvalue weighted by Crippen LogP contribution is 2.14. The smallest absolute Gasteiger partial charge is 0.241 e. The quantitative estimate of drug-likeness (QED) is 0.874. The van der Waals surface area contributed by atoms with Crippen molar-refractivity contribution < 1.29 is 4.79 Å². The van der Waals surface area contributed by atoms with Crippen molar-refractivity contribution in [3.8, 4) is 0 Å². The third kappa shape index (κ3) is 4.67. The van der Waals surface area contributed by atoms with Gasteiger partial charge in [0.2, 0.25) is 5.91 Å². The first kappa shape index (κ1) is 17.2. The van der Waals surface area contributed by atoms with Crippen LogP contribution in [0, 0.1) is 6.92 Å². The Morgan fingerprint density at radius 1 is 1.13 bits per heavy atom. The maximum absolute atomic E-state index is 12.4. The summed E-state index contributed by atoms with van der Waals surface area (Å²) in [7, 11) is 1.98. The Hall–Kier alpha value is -2.13. The number of nitrogens with zero attached hydrogens (tertiary/aromatic N) is 1. The first-order valence-electron chi connectivity index (χ1n) is 8.15. The van der Waals surface area contributed by atoms with Gasteiger partial charge in [-0.3, -0.25) is 9.69 Å². The molecule has 0 aliphatic carbocycles. The first-order valence-corrected chi connectivity index (χ1v) is 8.15. The van der Waals surface area contributed by atoms with Gasteiger partial charge in [-0.05, 0) is 56.1 Å². The number of hydrogen-bond donors (Lipinski definition) is 1. The predicted octanol–water partition coefficient (Wildman–Crippen LogP) is 4.02. The molecule has 2 aromatic rings. The van der Waals surface area contributed by atoms with E-state index in [4.69, 9.17) is 0 Å². The van der Waals surface area contributed by atoms with Gasteiger partial charge in [-0.1, -0.05) is 43.3 Å². The van der Waals surface area contributed by atoms with Gasteiger partial charge in [0.25, 0.3) is 0 Å². The van der Waals surface area contributed by atoms with Crippen molar-refractivity contribution in [3.63, 3.8) is 0 Å². The van der Waals surface area contributed by atoms with E-state index in [1.165, 1.54) is 16.7 Å². The summed E-state index contributed by atoms with van der Waals surface area (Å²) in [6.07, 6.45) is 1.00. The molecule has 3 heteroatoms. The Morgan fingerprint density at radius 2 is 1.78 bits per heavy atom.